The SMILES string of the molecule is CCOCCN1CCN(C2CCNCC2)C1=O. The first-order chi connectivity index (χ1) is 8.33. The Kier molecular flexibility index (Phi) is 4.62. The predicted octanol–water partition coefficient (Wildman–Crippen LogP) is 0.513. The lowest BCUT2D eigenvalue weighted by molar-refractivity contribution is 0.120. The second-order valence-corrected chi connectivity index (χ2v) is 4.64. The minimum atomic E-state index is 0.205. The molecule has 98 valence electrons. The molecule has 0 unspecified atom stereocenters. The summed E-state index contributed by atoms with van der Waals surface area (Å²) in [4.78, 5) is 16.1. The summed E-state index contributed by atoms with van der Waals surface area (Å²) >= 11 is 0. The van der Waals surface area contributed by atoms with Crippen LogP contribution in [0.1, 0.15) is 19.8 Å². The average molecular weight is 241 g/mol. The van der Waals surface area contributed by atoms with E-state index in [0.29, 0.717) is 12.6 Å². The quantitative estimate of drug-likeness (QED) is 0.713. The maximum absolute atomic E-state index is 12.2. The molecule has 0 aromatic rings. The molecule has 0 aliphatic carbocycles. The van der Waals surface area contributed by atoms with Crippen molar-refractivity contribution in [3.63, 3.8) is 0 Å². The Labute approximate surface area is 103 Å². The van der Waals surface area contributed by atoms with E-state index in [1.54, 1.807) is 0 Å². The molecule has 2 fully saturated rings. The van der Waals surface area contributed by atoms with Gasteiger partial charge in [-0.15, -0.1) is 0 Å². The number of nitrogens with zero attached hydrogens (tertiary/aromatic N) is 2. The first-order valence-corrected chi connectivity index (χ1v) is 6.67. The smallest absolute Gasteiger partial charge is 0.320 e. The third-order valence-corrected chi connectivity index (χ3v) is 3.59. The molecule has 5 heteroatoms. The van der Waals surface area contributed by atoms with E-state index in [4.69, 9.17) is 4.74 Å². The lowest BCUT2D eigenvalue weighted by Gasteiger charge is -2.31. The molecule has 5 nitrogen and oxygen atoms in total. The van der Waals surface area contributed by atoms with Crippen LogP contribution in [0.2, 0.25) is 0 Å². The summed E-state index contributed by atoms with van der Waals surface area (Å²) in [6.45, 7) is 7.90. The highest BCUT2D eigenvalue weighted by Crippen LogP contribution is 2.18. The van der Waals surface area contributed by atoms with Crippen LogP contribution >= 0.6 is 0 Å². The van der Waals surface area contributed by atoms with Gasteiger partial charge in [-0.1, -0.05) is 0 Å². The maximum Gasteiger partial charge on any atom is 0.320 e. The van der Waals surface area contributed by atoms with Gasteiger partial charge < -0.3 is 19.9 Å². The maximum atomic E-state index is 12.2. The summed E-state index contributed by atoms with van der Waals surface area (Å²) in [5, 5.41) is 3.33. The number of urea groups is 1. The molecule has 2 heterocycles. The summed E-state index contributed by atoms with van der Waals surface area (Å²) in [6, 6.07) is 0.650. The van der Waals surface area contributed by atoms with Crippen LogP contribution in [0.25, 0.3) is 0 Å². The van der Waals surface area contributed by atoms with E-state index < -0.39 is 0 Å². The molecule has 0 atom stereocenters. The number of amides is 2. The van der Waals surface area contributed by atoms with E-state index in [1.165, 1.54) is 0 Å². The number of hydrogen-bond donors (Lipinski definition) is 1. The number of carbonyl (C=O) groups is 1. The summed E-state index contributed by atoms with van der Waals surface area (Å²) in [6.07, 6.45) is 2.18. The Morgan fingerprint density at radius 2 is 2.12 bits per heavy atom. The first-order valence-electron chi connectivity index (χ1n) is 6.67. The van der Waals surface area contributed by atoms with Gasteiger partial charge in [-0.3, -0.25) is 0 Å². The van der Waals surface area contributed by atoms with Crippen LogP contribution in [0.5, 0.6) is 0 Å². The zero-order valence-corrected chi connectivity index (χ0v) is 10.7. The lowest BCUT2D eigenvalue weighted by atomic mass is 10.1. The molecule has 0 saturated carbocycles. The number of nitrogens with one attached hydrogen (secondary N) is 1. The van der Waals surface area contributed by atoms with Crippen molar-refractivity contribution in [1.29, 1.82) is 0 Å². The number of hydrogen-bond acceptors (Lipinski definition) is 3. The van der Waals surface area contributed by atoms with E-state index in [-0.39, 0.29) is 6.03 Å². The van der Waals surface area contributed by atoms with E-state index in [9.17, 15) is 4.79 Å². The second-order valence-electron chi connectivity index (χ2n) is 4.64. The van der Waals surface area contributed by atoms with Crippen molar-refractivity contribution in [1.82, 2.24) is 15.1 Å². The van der Waals surface area contributed by atoms with E-state index in [0.717, 1.165) is 52.2 Å². The van der Waals surface area contributed by atoms with Crippen LogP contribution in [0.4, 0.5) is 4.79 Å². The largest absolute Gasteiger partial charge is 0.380 e. The Morgan fingerprint density at radius 1 is 1.35 bits per heavy atom. The zero-order chi connectivity index (χ0) is 12.1. The number of ether oxygens (including phenoxy) is 1. The number of carbonyl (C=O) groups excluding carboxylic acids is 1. The fraction of sp³-hybridized carbons (Fsp3) is 0.917. The summed E-state index contributed by atoms with van der Waals surface area (Å²) in [7, 11) is 0. The van der Waals surface area contributed by atoms with Crippen molar-refractivity contribution in [2.75, 3.05) is 45.9 Å². The minimum absolute atomic E-state index is 0.205. The van der Waals surface area contributed by atoms with Gasteiger partial charge in [-0.25, -0.2) is 4.79 Å². The molecule has 2 aliphatic heterocycles. The van der Waals surface area contributed by atoms with Crippen molar-refractivity contribution in [3.8, 4) is 0 Å². The molecule has 2 rings (SSSR count). The third-order valence-electron chi connectivity index (χ3n) is 3.59. The highest BCUT2D eigenvalue weighted by atomic mass is 16.5. The lowest BCUT2D eigenvalue weighted by Crippen LogP contribution is -2.45. The summed E-state index contributed by atoms with van der Waals surface area (Å²) in [5.41, 5.74) is 0. The monoisotopic (exact) mass is 241 g/mol. The van der Waals surface area contributed by atoms with Crippen LogP contribution < -0.4 is 5.32 Å². The van der Waals surface area contributed by atoms with Crippen molar-refractivity contribution in [2.24, 2.45) is 0 Å². The average Bonchev–Trinajstić information content (AvgIpc) is 2.73. The van der Waals surface area contributed by atoms with Crippen LogP contribution in [0.3, 0.4) is 0 Å². The van der Waals surface area contributed by atoms with Gasteiger partial charge in [0.2, 0.25) is 0 Å². The molecule has 0 bridgehead atoms. The molecule has 2 amide bonds. The molecule has 0 aromatic carbocycles. The molecule has 2 saturated heterocycles. The van der Waals surface area contributed by atoms with E-state index >= 15 is 0 Å². The minimum Gasteiger partial charge on any atom is -0.380 e. The van der Waals surface area contributed by atoms with Gasteiger partial charge in [0.15, 0.2) is 0 Å². The van der Waals surface area contributed by atoms with Crippen molar-refractivity contribution in [3.05, 3.63) is 0 Å². The summed E-state index contributed by atoms with van der Waals surface area (Å²) in [5.74, 6) is 0. The Bertz CT molecular complexity index is 254. The normalized spacial score (nSPS) is 22.5. The topological polar surface area (TPSA) is 44.8 Å². The molecule has 0 spiro atoms. The first kappa shape index (κ1) is 12.6. The molecule has 17 heavy (non-hydrogen) atoms. The summed E-state index contributed by atoms with van der Waals surface area (Å²) < 4.78 is 5.30. The van der Waals surface area contributed by atoms with E-state index in [2.05, 4.69) is 5.32 Å². The van der Waals surface area contributed by atoms with Gasteiger partial charge in [0.1, 0.15) is 0 Å². The van der Waals surface area contributed by atoms with Gasteiger partial charge in [0.25, 0.3) is 0 Å². The van der Waals surface area contributed by atoms with Crippen LogP contribution in [0, 0.1) is 0 Å². The van der Waals surface area contributed by atoms with Crippen molar-refractivity contribution >= 4 is 6.03 Å². The molecule has 1 N–H and O–H groups in total. The molecule has 0 aromatic heterocycles. The highest BCUT2D eigenvalue weighted by molar-refractivity contribution is 5.76. The van der Waals surface area contributed by atoms with Gasteiger partial charge in [0, 0.05) is 32.3 Å². The molecular formula is C12H23N3O2. The van der Waals surface area contributed by atoms with Crippen LogP contribution in [-0.4, -0.2) is 67.8 Å². The van der Waals surface area contributed by atoms with E-state index in [1.807, 2.05) is 16.7 Å². The molecule has 2 aliphatic rings. The zero-order valence-electron chi connectivity index (χ0n) is 10.7. The third kappa shape index (κ3) is 3.10. The number of piperidine rings is 1. The molecule has 0 radical (unpaired) electrons. The van der Waals surface area contributed by atoms with Crippen molar-refractivity contribution in [2.45, 2.75) is 25.8 Å². The molecular weight excluding hydrogens is 218 g/mol. The van der Waals surface area contributed by atoms with Gasteiger partial charge in [-0.2, -0.15) is 0 Å². The standard InChI is InChI=1S/C12H23N3O2/c1-2-17-10-9-14-7-8-15(12(14)16)11-3-5-13-6-4-11/h11,13H,2-10H2,1H3. The fourth-order valence-corrected chi connectivity index (χ4v) is 2.59. The van der Waals surface area contributed by atoms with Gasteiger partial charge in [0.05, 0.1) is 6.61 Å². The fourth-order valence-electron chi connectivity index (χ4n) is 2.59. The van der Waals surface area contributed by atoms with Gasteiger partial charge in [-0.05, 0) is 32.9 Å². The van der Waals surface area contributed by atoms with Crippen LogP contribution in [-0.2, 0) is 4.74 Å². The van der Waals surface area contributed by atoms with Crippen LogP contribution in [0.15, 0.2) is 0 Å². The second kappa shape index (κ2) is 6.21. The van der Waals surface area contributed by atoms with Crippen molar-refractivity contribution < 1.29 is 9.53 Å². The van der Waals surface area contributed by atoms with Gasteiger partial charge >= 0.3 is 6.03 Å². The highest BCUT2D eigenvalue weighted by Gasteiger charge is 2.33. The Balaban J connectivity index is 1.79. The number of rotatable bonds is 5. The predicted molar refractivity (Wildman–Crippen MR) is 66.1 cm³/mol. The Hall–Kier alpha value is -0.810. The Morgan fingerprint density at radius 3 is 2.82 bits per heavy atom.